The summed E-state index contributed by atoms with van der Waals surface area (Å²) in [5.74, 6) is -8.30. The van der Waals surface area contributed by atoms with Crippen LogP contribution in [0.3, 0.4) is 0 Å². The number of amides is 4. The number of carboxylic acid groups (broad SMARTS) is 1. The lowest BCUT2D eigenvalue weighted by molar-refractivity contribution is -0.138. The molecule has 0 radical (unpaired) electrons. The van der Waals surface area contributed by atoms with Crippen LogP contribution in [-0.2, 0) is 24.6 Å². The molecule has 53 heavy (non-hydrogen) atoms. The van der Waals surface area contributed by atoms with Crippen LogP contribution in [0.1, 0.15) is 45.8 Å². The molecule has 268 valence electrons. The van der Waals surface area contributed by atoms with E-state index in [1.54, 1.807) is 48.5 Å². The molecule has 4 aromatic carbocycles. The number of phenolic OH excluding ortho intramolecular Hbond substituents is 1. The van der Waals surface area contributed by atoms with Crippen molar-refractivity contribution < 1.29 is 44.0 Å². The van der Waals surface area contributed by atoms with Gasteiger partial charge < -0.3 is 20.1 Å². The largest absolute Gasteiger partial charge is 0.508 e. The molecule has 4 aromatic rings. The summed E-state index contributed by atoms with van der Waals surface area (Å²) in [5, 5.41) is 32.6. The quantitative estimate of drug-likeness (QED) is 0.145. The molecule has 4 N–H and O–H groups in total. The van der Waals surface area contributed by atoms with Crippen LogP contribution in [0.5, 0.6) is 17.2 Å². The van der Waals surface area contributed by atoms with Gasteiger partial charge in [-0.25, -0.2) is 9.69 Å². The molecule has 3 fully saturated rings. The summed E-state index contributed by atoms with van der Waals surface area (Å²) in [6.07, 6.45) is 2.05. The highest BCUT2D eigenvalue weighted by Gasteiger charge is 2.70. The Kier molecular flexibility index (Phi) is 7.86. The van der Waals surface area contributed by atoms with E-state index in [4.69, 9.17) is 4.74 Å². The van der Waals surface area contributed by atoms with Crippen molar-refractivity contribution in [2.75, 3.05) is 17.4 Å². The number of carboxylic acids is 1. The number of hydrogen-bond donors (Lipinski definition) is 4. The summed E-state index contributed by atoms with van der Waals surface area (Å²) in [6, 6.07) is 24.5. The predicted octanol–water partition coefficient (Wildman–Crippen LogP) is 5.30. The highest BCUT2D eigenvalue weighted by molar-refractivity contribution is 6.23. The number of aromatic carboxylic acids is 1. The van der Waals surface area contributed by atoms with Gasteiger partial charge in [0.15, 0.2) is 0 Å². The van der Waals surface area contributed by atoms with Gasteiger partial charge in [-0.05, 0) is 61.6 Å². The van der Waals surface area contributed by atoms with Crippen LogP contribution in [0.25, 0.3) is 0 Å². The number of ether oxygens (including phenoxy) is 1. The van der Waals surface area contributed by atoms with E-state index in [1.165, 1.54) is 19.2 Å². The molecule has 2 saturated heterocycles. The third-order valence-electron chi connectivity index (χ3n) is 11.4. The number of hydrogen-bond acceptors (Lipinski definition) is 9. The molecule has 8 rings (SSSR count). The van der Waals surface area contributed by atoms with Gasteiger partial charge in [0, 0.05) is 23.6 Å². The topological polar surface area (TPSA) is 174 Å². The van der Waals surface area contributed by atoms with Crippen LogP contribution in [0.4, 0.5) is 11.4 Å². The maximum absolute atomic E-state index is 15.2. The highest BCUT2D eigenvalue weighted by Crippen LogP contribution is 2.65. The monoisotopic (exact) mass is 713 g/mol. The van der Waals surface area contributed by atoms with Gasteiger partial charge in [-0.15, -0.1) is 0 Å². The number of allylic oxidation sites excluding steroid dienone is 2. The molecular weight excluding hydrogens is 678 g/mol. The van der Waals surface area contributed by atoms with Crippen molar-refractivity contribution in [3.8, 4) is 17.2 Å². The number of nitrogens with zero attached hydrogens (tertiary/aromatic N) is 2. The van der Waals surface area contributed by atoms with Gasteiger partial charge in [0.2, 0.25) is 11.8 Å². The SMILES string of the molecule is COc1ccc(C2C3=CCC4C(=O)N(c5ccc(C(=O)O)c(O)c5)C(=O)C4C3CC3C(=O)N(Nc4ccc(C)cc4)C(=O)C32c2ccccc2)c(O)c1. The fourth-order valence-electron chi connectivity index (χ4n) is 9.08. The summed E-state index contributed by atoms with van der Waals surface area (Å²) in [6.45, 7) is 1.92. The smallest absolute Gasteiger partial charge is 0.339 e. The van der Waals surface area contributed by atoms with Crippen molar-refractivity contribution in [3.63, 3.8) is 0 Å². The van der Waals surface area contributed by atoms with Crippen LogP contribution in [-0.4, -0.2) is 57.0 Å². The number of carbonyl (C=O) groups excluding carboxylic acids is 4. The maximum Gasteiger partial charge on any atom is 0.339 e. The van der Waals surface area contributed by atoms with Gasteiger partial charge in [-0.1, -0.05) is 65.7 Å². The van der Waals surface area contributed by atoms with Crippen LogP contribution in [0.2, 0.25) is 0 Å². The van der Waals surface area contributed by atoms with E-state index in [9.17, 15) is 34.5 Å². The average molecular weight is 714 g/mol. The zero-order valence-corrected chi connectivity index (χ0v) is 28.7. The molecule has 12 nitrogen and oxygen atoms in total. The third kappa shape index (κ3) is 4.92. The molecule has 6 atom stereocenters. The van der Waals surface area contributed by atoms with E-state index in [0.717, 1.165) is 27.6 Å². The number of rotatable bonds is 7. The lowest BCUT2D eigenvalue weighted by Crippen LogP contribution is -2.53. The lowest BCUT2D eigenvalue weighted by Gasteiger charge is -2.50. The fraction of sp³-hybridized carbons (Fsp3) is 0.244. The van der Waals surface area contributed by atoms with Crippen LogP contribution >= 0.6 is 0 Å². The normalized spacial score (nSPS) is 26.2. The second kappa shape index (κ2) is 12.4. The Morgan fingerprint density at radius 1 is 0.849 bits per heavy atom. The minimum absolute atomic E-state index is 0.0258. The Balaban J connectivity index is 1.30. The van der Waals surface area contributed by atoms with Crippen molar-refractivity contribution in [1.29, 1.82) is 0 Å². The zero-order valence-electron chi connectivity index (χ0n) is 28.7. The first-order valence-electron chi connectivity index (χ1n) is 17.3. The Morgan fingerprint density at radius 3 is 2.25 bits per heavy atom. The Hall–Kier alpha value is -6.43. The molecule has 0 spiro atoms. The van der Waals surface area contributed by atoms with Crippen molar-refractivity contribution in [2.45, 2.75) is 31.1 Å². The third-order valence-corrected chi connectivity index (χ3v) is 11.4. The van der Waals surface area contributed by atoms with Gasteiger partial charge in [-0.3, -0.25) is 24.6 Å². The van der Waals surface area contributed by atoms with Crippen LogP contribution < -0.4 is 15.1 Å². The Bertz CT molecular complexity index is 2250. The number of phenols is 2. The summed E-state index contributed by atoms with van der Waals surface area (Å²) >= 11 is 0. The van der Waals surface area contributed by atoms with E-state index < -0.39 is 70.4 Å². The minimum Gasteiger partial charge on any atom is -0.508 e. The van der Waals surface area contributed by atoms with Crippen molar-refractivity contribution >= 4 is 41.0 Å². The standard InChI is InChI=1S/C41H35N3O9/c1-21-8-10-23(11-9-21)42-44-37(48)31-20-30-26(16-17-29-34(30)38(49)43(36(29)47)24-12-14-28(39(50)51)32(45)18-24)35(27-15-13-25(53-2)19-33(27)46)41(31,40(44)52)22-6-4-3-5-7-22/h3-16,18-19,29-31,34-35,42,45-46H,17,20H2,1-2H3,(H,50,51). The maximum atomic E-state index is 15.2. The molecule has 2 aliphatic carbocycles. The number of aryl methyl sites for hydroxylation is 1. The predicted molar refractivity (Wildman–Crippen MR) is 191 cm³/mol. The number of hydrazine groups is 1. The van der Waals surface area contributed by atoms with Gasteiger partial charge >= 0.3 is 5.97 Å². The number of nitrogens with one attached hydrogen (secondary N) is 1. The molecule has 2 aliphatic heterocycles. The molecular formula is C41H35N3O9. The molecule has 2 heterocycles. The van der Waals surface area contributed by atoms with Crippen molar-refractivity contribution in [2.24, 2.45) is 23.7 Å². The highest BCUT2D eigenvalue weighted by atomic mass is 16.5. The summed E-state index contributed by atoms with van der Waals surface area (Å²) in [7, 11) is 1.47. The van der Waals surface area contributed by atoms with Crippen LogP contribution in [0, 0.1) is 30.6 Å². The van der Waals surface area contributed by atoms with Crippen molar-refractivity contribution in [3.05, 3.63) is 125 Å². The first-order chi connectivity index (χ1) is 25.5. The first kappa shape index (κ1) is 33.7. The summed E-state index contributed by atoms with van der Waals surface area (Å²) in [5.41, 5.74) is 4.20. The number of fused-ring (bicyclic) bond motifs is 4. The van der Waals surface area contributed by atoms with E-state index >= 15 is 4.79 Å². The molecule has 0 bridgehead atoms. The van der Waals surface area contributed by atoms with E-state index in [2.05, 4.69) is 5.43 Å². The zero-order chi connectivity index (χ0) is 37.3. The molecule has 12 heteroatoms. The van der Waals surface area contributed by atoms with Gasteiger partial charge in [0.05, 0.1) is 41.7 Å². The molecule has 6 unspecified atom stereocenters. The number of imide groups is 2. The lowest BCUT2D eigenvalue weighted by atomic mass is 9.49. The second-order valence-electron chi connectivity index (χ2n) is 14.0. The second-order valence-corrected chi connectivity index (χ2v) is 14.0. The van der Waals surface area contributed by atoms with E-state index in [-0.39, 0.29) is 29.8 Å². The van der Waals surface area contributed by atoms with Gasteiger partial charge in [0.1, 0.15) is 22.8 Å². The Labute approximate surface area is 303 Å². The number of methoxy groups -OCH3 is 1. The fourth-order valence-corrected chi connectivity index (χ4v) is 9.08. The van der Waals surface area contributed by atoms with E-state index in [0.29, 0.717) is 28.1 Å². The van der Waals surface area contributed by atoms with E-state index in [1.807, 2.05) is 31.2 Å². The van der Waals surface area contributed by atoms with Crippen molar-refractivity contribution in [1.82, 2.24) is 5.01 Å². The van der Waals surface area contributed by atoms with Gasteiger partial charge in [-0.2, -0.15) is 5.01 Å². The average Bonchev–Trinajstić information content (AvgIpc) is 3.53. The molecule has 4 amide bonds. The number of carbonyl (C=O) groups is 5. The number of anilines is 2. The Morgan fingerprint density at radius 2 is 1.58 bits per heavy atom. The molecule has 0 aromatic heterocycles. The minimum atomic E-state index is -1.57. The van der Waals surface area contributed by atoms with Gasteiger partial charge in [0.25, 0.3) is 11.8 Å². The number of benzene rings is 4. The molecule has 4 aliphatic rings. The van der Waals surface area contributed by atoms with Crippen LogP contribution in [0.15, 0.2) is 103 Å². The first-order valence-corrected chi connectivity index (χ1v) is 17.3. The number of aromatic hydroxyl groups is 2. The summed E-state index contributed by atoms with van der Waals surface area (Å²) in [4.78, 5) is 71.1. The summed E-state index contributed by atoms with van der Waals surface area (Å²) < 4.78 is 5.38. The molecule has 1 saturated carbocycles.